The van der Waals surface area contributed by atoms with E-state index < -0.39 is 21.8 Å². The first-order valence-corrected chi connectivity index (χ1v) is 9.62. The van der Waals surface area contributed by atoms with E-state index in [4.69, 9.17) is 0 Å². The van der Waals surface area contributed by atoms with E-state index in [2.05, 4.69) is 9.93 Å². The first kappa shape index (κ1) is 21.0. The van der Waals surface area contributed by atoms with Crippen LogP contribution >= 0.6 is 0 Å². The van der Waals surface area contributed by atoms with Crippen molar-refractivity contribution < 1.29 is 21.6 Å². The molecular weight excluding hydrogens is 377 g/mol. The summed E-state index contributed by atoms with van der Waals surface area (Å²) >= 11 is 0. The van der Waals surface area contributed by atoms with Gasteiger partial charge in [-0.2, -0.15) is 26.7 Å². The Bertz CT molecular complexity index is 960. The maximum absolute atomic E-state index is 12.7. The molecule has 0 heterocycles. The summed E-state index contributed by atoms with van der Waals surface area (Å²) in [6, 6.07) is 9.61. The summed E-state index contributed by atoms with van der Waals surface area (Å²) in [5.41, 5.74) is 0.454. The highest BCUT2D eigenvalue weighted by molar-refractivity contribution is 7.89. The summed E-state index contributed by atoms with van der Waals surface area (Å²) in [6.07, 6.45) is -3.44. The van der Waals surface area contributed by atoms with E-state index >= 15 is 0 Å². The average Bonchev–Trinajstić information content (AvgIpc) is 2.53. The number of aryl methyl sites for hydroxylation is 1. The van der Waals surface area contributed by atoms with Crippen molar-refractivity contribution in [2.45, 2.75) is 44.2 Å². The Hall–Kier alpha value is -2.35. The third-order valence-corrected chi connectivity index (χ3v) is 5.31. The predicted molar refractivity (Wildman–Crippen MR) is 99.2 cm³/mol. The standard InChI is InChI=1S/C19H21F3N2O2S/c1-13-8-9-15(18(2,3)4)11-17(13)27(25,26)24-23-12-14-6-5-7-16(10-14)19(20,21)22/h5-12,24H,1-4H3/b23-12+. The molecule has 2 aromatic carbocycles. The highest BCUT2D eigenvalue weighted by atomic mass is 32.2. The van der Waals surface area contributed by atoms with Gasteiger partial charge in [-0.25, -0.2) is 4.83 Å². The van der Waals surface area contributed by atoms with Crippen LogP contribution in [0.3, 0.4) is 0 Å². The van der Waals surface area contributed by atoms with Crippen LogP contribution in [-0.4, -0.2) is 14.6 Å². The number of benzene rings is 2. The second kappa shape index (κ2) is 7.34. The second-order valence-corrected chi connectivity index (χ2v) is 8.84. The number of hydrogen-bond donors (Lipinski definition) is 1. The van der Waals surface area contributed by atoms with Gasteiger partial charge in [-0.05, 0) is 47.2 Å². The Morgan fingerprint density at radius 1 is 1.00 bits per heavy atom. The van der Waals surface area contributed by atoms with Crippen LogP contribution in [0.2, 0.25) is 0 Å². The van der Waals surface area contributed by atoms with Crippen LogP contribution < -0.4 is 4.83 Å². The lowest BCUT2D eigenvalue weighted by Gasteiger charge is -2.20. The molecular formula is C19H21F3N2O2S. The van der Waals surface area contributed by atoms with Crippen molar-refractivity contribution in [3.63, 3.8) is 0 Å². The van der Waals surface area contributed by atoms with Crippen molar-refractivity contribution in [2.24, 2.45) is 5.10 Å². The van der Waals surface area contributed by atoms with Gasteiger partial charge in [0.25, 0.3) is 10.0 Å². The van der Waals surface area contributed by atoms with Gasteiger partial charge in [0.2, 0.25) is 0 Å². The molecule has 4 nitrogen and oxygen atoms in total. The molecule has 0 fully saturated rings. The molecule has 0 aliphatic carbocycles. The maximum atomic E-state index is 12.7. The highest BCUT2D eigenvalue weighted by Gasteiger charge is 2.30. The van der Waals surface area contributed by atoms with Gasteiger partial charge in [0.05, 0.1) is 16.7 Å². The quantitative estimate of drug-likeness (QED) is 0.603. The van der Waals surface area contributed by atoms with Crippen molar-refractivity contribution in [2.75, 3.05) is 0 Å². The van der Waals surface area contributed by atoms with Crippen LogP contribution in [0.4, 0.5) is 13.2 Å². The summed E-state index contributed by atoms with van der Waals surface area (Å²) in [5, 5.41) is 3.62. The Balaban J connectivity index is 2.27. The predicted octanol–water partition coefficient (Wildman–Crippen LogP) is 4.62. The monoisotopic (exact) mass is 398 g/mol. The minimum atomic E-state index is -4.48. The second-order valence-electron chi connectivity index (χ2n) is 7.21. The van der Waals surface area contributed by atoms with Gasteiger partial charge < -0.3 is 0 Å². The van der Waals surface area contributed by atoms with Gasteiger partial charge in [-0.1, -0.05) is 45.0 Å². The van der Waals surface area contributed by atoms with Crippen molar-refractivity contribution in [1.29, 1.82) is 0 Å². The average molecular weight is 398 g/mol. The van der Waals surface area contributed by atoms with Gasteiger partial charge in [-0.3, -0.25) is 0 Å². The molecule has 8 heteroatoms. The lowest BCUT2D eigenvalue weighted by Crippen LogP contribution is -2.21. The molecule has 0 unspecified atom stereocenters. The third kappa shape index (κ3) is 5.32. The molecule has 27 heavy (non-hydrogen) atoms. The highest BCUT2D eigenvalue weighted by Crippen LogP contribution is 2.29. The Labute approximate surface area is 157 Å². The molecule has 0 aliphatic rings. The van der Waals surface area contributed by atoms with E-state index in [0.29, 0.717) is 5.56 Å². The normalized spacial score (nSPS) is 13.1. The van der Waals surface area contributed by atoms with Crippen LogP contribution in [0.5, 0.6) is 0 Å². The summed E-state index contributed by atoms with van der Waals surface area (Å²) in [7, 11) is -3.95. The van der Waals surface area contributed by atoms with Crippen molar-refractivity contribution in [3.05, 3.63) is 64.7 Å². The van der Waals surface area contributed by atoms with Crippen molar-refractivity contribution >= 4 is 16.2 Å². The summed E-state index contributed by atoms with van der Waals surface area (Å²) < 4.78 is 63.3. The molecule has 2 rings (SSSR count). The van der Waals surface area contributed by atoms with Crippen molar-refractivity contribution in [1.82, 2.24) is 4.83 Å². The summed E-state index contributed by atoms with van der Waals surface area (Å²) in [4.78, 5) is 2.14. The van der Waals surface area contributed by atoms with Gasteiger partial charge in [-0.15, -0.1) is 0 Å². The fourth-order valence-electron chi connectivity index (χ4n) is 2.37. The fraction of sp³-hybridized carbons (Fsp3) is 0.316. The zero-order valence-electron chi connectivity index (χ0n) is 15.4. The molecule has 2 aromatic rings. The molecule has 146 valence electrons. The number of sulfonamides is 1. The number of alkyl halides is 3. The minimum Gasteiger partial charge on any atom is -0.200 e. The van der Waals surface area contributed by atoms with Crippen molar-refractivity contribution in [3.8, 4) is 0 Å². The smallest absolute Gasteiger partial charge is 0.200 e. The molecule has 0 saturated heterocycles. The zero-order chi connectivity index (χ0) is 20.5. The lowest BCUT2D eigenvalue weighted by atomic mass is 9.87. The largest absolute Gasteiger partial charge is 0.416 e. The molecule has 0 spiro atoms. The van der Waals surface area contributed by atoms with Crippen LogP contribution in [0, 0.1) is 6.92 Å². The number of nitrogens with one attached hydrogen (secondary N) is 1. The zero-order valence-corrected chi connectivity index (χ0v) is 16.2. The molecule has 0 atom stereocenters. The Kier molecular flexibility index (Phi) is 5.70. The fourth-order valence-corrected chi connectivity index (χ4v) is 3.43. The van der Waals surface area contributed by atoms with E-state index in [9.17, 15) is 21.6 Å². The number of rotatable bonds is 4. The third-order valence-electron chi connectivity index (χ3n) is 3.94. The van der Waals surface area contributed by atoms with Gasteiger partial charge in [0.1, 0.15) is 0 Å². The number of hydrazone groups is 1. The van der Waals surface area contributed by atoms with E-state index in [1.54, 1.807) is 19.1 Å². The van der Waals surface area contributed by atoms with Crippen LogP contribution in [0.1, 0.15) is 43.0 Å². The molecule has 0 amide bonds. The Morgan fingerprint density at radius 3 is 2.26 bits per heavy atom. The molecule has 1 N–H and O–H groups in total. The van der Waals surface area contributed by atoms with Crippen LogP contribution in [0.15, 0.2) is 52.5 Å². The Morgan fingerprint density at radius 2 is 1.67 bits per heavy atom. The maximum Gasteiger partial charge on any atom is 0.416 e. The van der Waals surface area contributed by atoms with Crippen LogP contribution in [-0.2, 0) is 21.6 Å². The van der Waals surface area contributed by atoms with E-state index in [1.165, 1.54) is 12.1 Å². The minimum absolute atomic E-state index is 0.0797. The van der Waals surface area contributed by atoms with Gasteiger partial charge in [0, 0.05) is 0 Å². The van der Waals surface area contributed by atoms with Crippen LogP contribution in [0.25, 0.3) is 0 Å². The first-order valence-electron chi connectivity index (χ1n) is 8.14. The van der Waals surface area contributed by atoms with E-state index in [1.807, 2.05) is 26.8 Å². The molecule has 0 saturated carbocycles. The SMILES string of the molecule is Cc1ccc(C(C)(C)C)cc1S(=O)(=O)N/N=C/c1cccc(C(F)(F)F)c1. The van der Waals surface area contributed by atoms with E-state index in [-0.39, 0.29) is 15.9 Å². The number of hydrogen-bond acceptors (Lipinski definition) is 3. The molecule has 0 radical (unpaired) electrons. The van der Waals surface area contributed by atoms with E-state index in [0.717, 1.165) is 23.9 Å². The van der Waals surface area contributed by atoms with Gasteiger partial charge >= 0.3 is 6.18 Å². The first-order chi connectivity index (χ1) is 12.3. The molecule has 0 aromatic heterocycles. The molecule has 0 bridgehead atoms. The number of halogens is 3. The lowest BCUT2D eigenvalue weighted by molar-refractivity contribution is -0.137. The topological polar surface area (TPSA) is 58.5 Å². The molecule has 0 aliphatic heterocycles. The van der Waals surface area contributed by atoms with Gasteiger partial charge in [0.15, 0.2) is 0 Å². The number of nitrogens with zero attached hydrogens (tertiary/aromatic N) is 1. The summed E-state index contributed by atoms with van der Waals surface area (Å²) in [6.45, 7) is 7.56. The summed E-state index contributed by atoms with van der Waals surface area (Å²) in [5.74, 6) is 0.